The second-order valence-corrected chi connectivity index (χ2v) is 9.13. The summed E-state index contributed by atoms with van der Waals surface area (Å²) >= 11 is 0. The van der Waals surface area contributed by atoms with Crippen LogP contribution in [0.15, 0.2) is 94.6 Å². The molecule has 1 aromatic heterocycles. The monoisotopic (exact) mass is 497 g/mol. The third kappa shape index (κ3) is 4.56. The zero-order valence-corrected chi connectivity index (χ0v) is 20.8. The number of ether oxygens (including phenoxy) is 2. The molecule has 0 aliphatic carbocycles. The molecule has 0 radical (unpaired) electrons. The van der Waals surface area contributed by atoms with Crippen molar-refractivity contribution in [3.63, 3.8) is 0 Å². The number of para-hydroxylation sites is 2. The number of carbonyl (C=O) groups is 2. The minimum Gasteiger partial charge on any atom is -0.503 e. The second-order valence-electron chi connectivity index (χ2n) is 9.13. The molecule has 4 aromatic rings. The Morgan fingerprint density at radius 1 is 1.03 bits per heavy atom. The molecule has 1 unspecified atom stereocenters. The van der Waals surface area contributed by atoms with Crippen LogP contribution in [0.3, 0.4) is 0 Å². The van der Waals surface area contributed by atoms with E-state index in [9.17, 15) is 14.7 Å². The molecule has 7 nitrogen and oxygen atoms in total. The number of hydrogen-bond acceptors (Lipinski definition) is 6. The van der Waals surface area contributed by atoms with Gasteiger partial charge >= 0.3 is 0 Å². The molecular formula is C30H27NO6. The maximum Gasteiger partial charge on any atom is 0.290 e. The van der Waals surface area contributed by atoms with Crippen molar-refractivity contribution < 1.29 is 28.6 Å². The number of rotatable bonds is 8. The highest BCUT2D eigenvalue weighted by atomic mass is 16.5. The van der Waals surface area contributed by atoms with Crippen molar-refractivity contribution in [1.29, 1.82) is 0 Å². The molecule has 1 aliphatic heterocycles. The first-order chi connectivity index (χ1) is 17.9. The average Bonchev–Trinajstić information content (AvgIpc) is 3.43. The van der Waals surface area contributed by atoms with Gasteiger partial charge in [0.25, 0.3) is 5.91 Å². The van der Waals surface area contributed by atoms with E-state index >= 15 is 0 Å². The molecule has 0 fully saturated rings. The van der Waals surface area contributed by atoms with E-state index in [1.54, 1.807) is 37.4 Å². The van der Waals surface area contributed by atoms with Crippen LogP contribution in [0, 0.1) is 0 Å². The minimum absolute atomic E-state index is 0.0411. The lowest BCUT2D eigenvalue weighted by molar-refractivity contribution is -0.130. The SMILES string of the molecule is COc1ccccc1CN1C(=O)C(O)=C(C(=O)c2cc3ccccc3o2)C1c1cccc(OC(C)C)c1. The summed E-state index contributed by atoms with van der Waals surface area (Å²) in [4.78, 5) is 28.7. The van der Waals surface area contributed by atoms with Crippen LogP contribution in [-0.2, 0) is 11.3 Å². The van der Waals surface area contributed by atoms with Gasteiger partial charge in [-0.3, -0.25) is 9.59 Å². The number of aliphatic hydroxyl groups is 1. The van der Waals surface area contributed by atoms with E-state index in [4.69, 9.17) is 13.9 Å². The standard InChI is InChI=1S/C30H27NO6/c1-18(2)36-22-12-8-11-20(15-22)27-26(28(32)25-16-19-9-4-7-14-24(19)37-25)29(33)30(34)31(27)17-21-10-5-6-13-23(21)35-3/h4-16,18,27,33H,17H2,1-3H3. The molecule has 1 aliphatic rings. The molecule has 1 atom stereocenters. The highest BCUT2D eigenvalue weighted by molar-refractivity contribution is 6.16. The molecule has 37 heavy (non-hydrogen) atoms. The first-order valence-corrected chi connectivity index (χ1v) is 12.0. The first kappa shape index (κ1) is 24.2. The zero-order valence-electron chi connectivity index (χ0n) is 20.8. The van der Waals surface area contributed by atoms with Crippen LogP contribution in [-0.4, -0.2) is 34.9 Å². The number of aliphatic hydroxyl groups excluding tert-OH is 1. The molecule has 0 saturated carbocycles. The second kappa shape index (κ2) is 9.85. The average molecular weight is 498 g/mol. The lowest BCUT2D eigenvalue weighted by Gasteiger charge is -2.27. The highest BCUT2D eigenvalue weighted by Gasteiger charge is 2.45. The van der Waals surface area contributed by atoms with Crippen molar-refractivity contribution in [2.75, 3.05) is 7.11 Å². The van der Waals surface area contributed by atoms with E-state index in [1.807, 2.05) is 62.4 Å². The number of hydrogen-bond donors (Lipinski definition) is 1. The number of nitrogens with zero attached hydrogens (tertiary/aromatic N) is 1. The van der Waals surface area contributed by atoms with Crippen molar-refractivity contribution in [3.8, 4) is 11.5 Å². The molecule has 5 rings (SSSR count). The Hall–Kier alpha value is -4.52. The summed E-state index contributed by atoms with van der Waals surface area (Å²) in [6, 6.07) is 22.6. The lowest BCUT2D eigenvalue weighted by atomic mass is 9.94. The zero-order chi connectivity index (χ0) is 26.1. The highest BCUT2D eigenvalue weighted by Crippen LogP contribution is 2.42. The Balaban J connectivity index is 1.61. The van der Waals surface area contributed by atoms with Gasteiger partial charge < -0.3 is 23.9 Å². The Bertz CT molecular complexity index is 1480. The predicted octanol–water partition coefficient (Wildman–Crippen LogP) is 6.01. The summed E-state index contributed by atoms with van der Waals surface area (Å²) < 4.78 is 17.2. The number of methoxy groups -OCH3 is 1. The quantitative estimate of drug-likeness (QED) is 0.300. The van der Waals surface area contributed by atoms with Crippen LogP contribution in [0.25, 0.3) is 11.0 Å². The summed E-state index contributed by atoms with van der Waals surface area (Å²) in [5.74, 6) is -0.549. The fourth-order valence-electron chi connectivity index (χ4n) is 4.67. The number of benzene rings is 3. The van der Waals surface area contributed by atoms with Crippen molar-refractivity contribution in [1.82, 2.24) is 4.90 Å². The summed E-state index contributed by atoms with van der Waals surface area (Å²) in [5, 5.41) is 11.8. The smallest absolute Gasteiger partial charge is 0.290 e. The van der Waals surface area contributed by atoms with Gasteiger partial charge in [0.1, 0.15) is 17.1 Å². The third-order valence-corrected chi connectivity index (χ3v) is 6.28. The van der Waals surface area contributed by atoms with E-state index in [1.165, 1.54) is 4.90 Å². The molecule has 1 N–H and O–H groups in total. The molecule has 0 saturated heterocycles. The molecule has 0 bridgehead atoms. The number of amides is 1. The van der Waals surface area contributed by atoms with Crippen LogP contribution in [0.1, 0.15) is 41.6 Å². The van der Waals surface area contributed by atoms with Gasteiger partial charge in [-0.05, 0) is 49.7 Å². The van der Waals surface area contributed by atoms with E-state index in [-0.39, 0.29) is 24.0 Å². The van der Waals surface area contributed by atoms with E-state index in [2.05, 4.69) is 0 Å². The molecule has 0 spiro atoms. The van der Waals surface area contributed by atoms with E-state index < -0.39 is 23.5 Å². The molecule has 1 amide bonds. The van der Waals surface area contributed by atoms with Crippen LogP contribution >= 0.6 is 0 Å². The van der Waals surface area contributed by atoms with Crippen LogP contribution in [0.5, 0.6) is 11.5 Å². The Labute approximate surface area is 214 Å². The van der Waals surface area contributed by atoms with Gasteiger partial charge in [-0.15, -0.1) is 0 Å². The van der Waals surface area contributed by atoms with Crippen molar-refractivity contribution >= 4 is 22.7 Å². The van der Waals surface area contributed by atoms with Gasteiger partial charge in [0.2, 0.25) is 5.78 Å². The Kier molecular flexibility index (Phi) is 6.44. The van der Waals surface area contributed by atoms with Crippen molar-refractivity contribution in [2.45, 2.75) is 32.5 Å². The van der Waals surface area contributed by atoms with Crippen LogP contribution in [0.2, 0.25) is 0 Å². The van der Waals surface area contributed by atoms with Gasteiger partial charge in [-0.2, -0.15) is 0 Å². The van der Waals surface area contributed by atoms with Crippen molar-refractivity contribution in [3.05, 3.63) is 107 Å². The van der Waals surface area contributed by atoms with Gasteiger partial charge in [-0.25, -0.2) is 0 Å². The first-order valence-electron chi connectivity index (χ1n) is 12.0. The van der Waals surface area contributed by atoms with Crippen LogP contribution in [0.4, 0.5) is 0 Å². The summed E-state index contributed by atoms with van der Waals surface area (Å²) in [6.07, 6.45) is -0.0641. The summed E-state index contributed by atoms with van der Waals surface area (Å²) in [5.41, 5.74) is 1.87. The van der Waals surface area contributed by atoms with E-state index in [0.717, 1.165) is 10.9 Å². The molecule has 2 heterocycles. The number of ketones is 1. The lowest BCUT2D eigenvalue weighted by Crippen LogP contribution is -2.31. The van der Waals surface area contributed by atoms with Crippen molar-refractivity contribution in [2.24, 2.45) is 0 Å². The topological polar surface area (TPSA) is 89.2 Å². The number of Topliss-reactive ketones (excluding diaryl/α,β-unsaturated/α-hetero) is 1. The predicted molar refractivity (Wildman–Crippen MR) is 139 cm³/mol. The Morgan fingerprint density at radius 3 is 2.54 bits per heavy atom. The molecule has 188 valence electrons. The normalized spacial score (nSPS) is 15.6. The van der Waals surface area contributed by atoms with Crippen LogP contribution < -0.4 is 9.47 Å². The molecular weight excluding hydrogens is 470 g/mol. The maximum absolute atomic E-state index is 13.8. The summed E-state index contributed by atoms with van der Waals surface area (Å²) in [7, 11) is 1.56. The fraction of sp³-hybridized carbons (Fsp3) is 0.200. The number of furan rings is 1. The maximum atomic E-state index is 13.8. The van der Waals surface area contributed by atoms with E-state index in [0.29, 0.717) is 22.6 Å². The third-order valence-electron chi connectivity index (χ3n) is 6.28. The number of fused-ring (bicyclic) bond motifs is 1. The van der Waals surface area contributed by atoms with Gasteiger partial charge in [0.05, 0.1) is 31.4 Å². The van der Waals surface area contributed by atoms with Gasteiger partial charge in [0.15, 0.2) is 11.5 Å². The van der Waals surface area contributed by atoms with Gasteiger partial charge in [-0.1, -0.05) is 48.5 Å². The molecule has 7 heteroatoms. The largest absolute Gasteiger partial charge is 0.503 e. The summed E-state index contributed by atoms with van der Waals surface area (Å²) in [6.45, 7) is 3.95. The minimum atomic E-state index is -0.867. The Morgan fingerprint density at radius 2 is 1.78 bits per heavy atom. The van der Waals surface area contributed by atoms with Gasteiger partial charge in [0, 0.05) is 10.9 Å². The number of carbonyl (C=O) groups excluding carboxylic acids is 2. The molecule has 3 aromatic carbocycles. The fourth-order valence-corrected chi connectivity index (χ4v) is 4.67.